The van der Waals surface area contributed by atoms with E-state index in [1.165, 1.54) is 4.57 Å². The summed E-state index contributed by atoms with van der Waals surface area (Å²) < 4.78 is 1.40. The zero-order valence-electron chi connectivity index (χ0n) is 15.2. The number of fused-ring (bicyclic) bond motifs is 2. The van der Waals surface area contributed by atoms with Crippen molar-refractivity contribution in [3.63, 3.8) is 0 Å². The quantitative estimate of drug-likeness (QED) is 0.323. The Balaban J connectivity index is 0.00000280. The van der Waals surface area contributed by atoms with Gasteiger partial charge in [-0.1, -0.05) is 0 Å². The van der Waals surface area contributed by atoms with Crippen LogP contribution in [-0.2, 0) is 6.54 Å². The maximum Gasteiger partial charge on any atom is 0.349 e. The lowest BCUT2D eigenvalue weighted by molar-refractivity contribution is -0.0802. The van der Waals surface area contributed by atoms with Crippen LogP contribution in [0.5, 0.6) is 0 Å². The Morgan fingerprint density at radius 3 is 2.36 bits per heavy atom. The maximum absolute atomic E-state index is 12.2. The molecule has 2 aliphatic heterocycles. The molecule has 0 fully saturated rings. The molecule has 11 heteroatoms. The Bertz CT molecular complexity index is 1080. The maximum atomic E-state index is 12.2. The largest absolute Gasteiger partial charge is 0.394 e. The summed E-state index contributed by atoms with van der Waals surface area (Å²) >= 11 is 0. The fraction of sp³-hybridized carbons (Fsp3) is 0.412. The molecular weight excluding hydrogens is 392 g/mol. The van der Waals surface area contributed by atoms with Crippen LogP contribution in [0.1, 0.15) is 11.1 Å². The van der Waals surface area contributed by atoms with Gasteiger partial charge >= 0.3 is 5.69 Å². The molecule has 0 aromatic heterocycles. The van der Waals surface area contributed by atoms with Gasteiger partial charge in [0.05, 0.1) is 24.2 Å². The summed E-state index contributed by atoms with van der Waals surface area (Å²) in [6.45, 7) is 2.73. The van der Waals surface area contributed by atoms with Crippen molar-refractivity contribution in [2.75, 3.05) is 6.61 Å². The number of aliphatic hydroxyl groups is 4. The molecule has 2 aliphatic rings. The van der Waals surface area contributed by atoms with Crippen LogP contribution in [0.2, 0.25) is 0 Å². The third kappa shape index (κ3) is 3.91. The van der Waals surface area contributed by atoms with Gasteiger partial charge in [-0.25, -0.2) is 9.78 Å². The third-order valence-electron chi connectivity index (χ3n) is 4.57. The summed E-state index contributed by atoms with van der Waals surface area (Å²) in [5.74, 6) is -0.0516. The minimum Gasteiger partial charge on any atom is -0.394 e. The summed E-state index contributed by atoms with van der Waals surface area (Å²) in [5.41, 5.74) is 1.11. The van der Waals surface area contributed by atoms with Crippen molar-refractivity contribution in [1.82, 2.24) is 19.5 Å². The summed E-state index contributed by atoms with van der Waals surface area (Å²) in [6.07, 6.45) is -4.68. The van der Waals surface area contributed by atoms with Gasteiger partial charge in [-0.15, -0.1) is 12.4 Å². The van der Waals surface area contributed by atoms with Gasteiger partial charge in [-0.2, -0.15) is 4.98 Å². The lowest BCUT2D eigenvalue weighted by Crippen LogP contribution is -2.42. The number of nitrogens with one attached hydrogen (secondary N) is 1. The first-order chi connectivity index (χ1) is 12.7. The number of hydrogen-bond donors (Lipinski definition) is 5. The summed E-state index contributed by atoms with van der Waals surface area (Å²) in [4.78, 5) is 34.0. The number of halogens is 1. The molecule has 152 valence electrons. The van der Waals surface area contributed by atoms with E-state index in [2.05, 4.69) is 15.0 Å². The van der Waals surface area contributed by atoms with Crippen molar-refractivity contribution in [2.24, 2.45) is 0 Å². The van der Waals surface area contributed by atoms with E-state index in [1.54, 1.807) is 12.1 Å². The van der Waals surface area contributed by atoms with Crippen LogP contribution in [-0.4, -0.2) is 64.9 Å². The van der Waals surface area contributed by atoms with E-state index in [4.69, 9.17) is 5.11 Å². The number of aliphatic hydroxyl groups excluding tert-OH is 4. The minimum atomic E-state index is -1.64. The lowest BCUT2D eigenvalue weighted by Gasteiger charge is -2.25. The molecule has 0 aliphatic carbocycles. The number of H-pyrrole nitrogens is 1. The average molecular weight is 413 g/mol. The number of aryl methyl sites for hydroxylation is 2. The van der Waals surface area contributed by atoms with E-state index >= 15 is 0 Å². The average Bonchev–Trinajstić information content (AvgIpc) is 2.62. The monoisotopic (exact) mass is 412 g/mol. The number of aromatic amines is 1. The minimum absolute atomic E-state index is 0. The molecule has 5 N–H and O–H groups in total. The predicted molar refractivity (Wildman–Crippen MR) is 103 cm³/mol. The second-order valence-corrected chi connectivity index (χ2v) is 6.50. The van der Waals surface area contributed by atoms with Gasteiger partial charge in [0.2, 0.25) is 0 Å². The van der Waals surface area contributed by atoms with Gasteiger partial charge in [0, 0.05) is 0 Å². The molecule has 3 rings (SSSR count). The van der Waals surface area contributed by atoms with E-state index in [0.717, 1.165) is 11.1 Å². The van der Waals surface area contributed by atoms with Crippen LogP contribution >= 0.6 is 12.4 Å². The van der Waals surface area contributed by atoms with Crippen molar-refractivity contribution >= 4 is 23.4 Å². The highest BCUT2D eigenvalue weighted by Gasteiger charge is 2.27. The van der Waals surface area contributed by atoms with Crippen LogP contribution in [0.25, 0.3) is 22.6 Å². The number of hydrogen-bond acceptors (Lipinski definition) is 8. The van der Waals surface area contributed by atoms with E-state index in [0.29, 0.717) is 11.0 Å². The topological polar surface area (TPSA) is 162 Å². The zero-order chi connectivity index (χ0) is 19.9. The lowest BCUT2D eigenvalue weighted by atomic mass is 10.1. The normalized spacial score (nSPS) is 14.6. The smallest absolute Gasteiger partial charge is 0.349 e. The highest BCUT2D eigenvalue weighted by atomic mass is 35.5. The number of rotatable bonds is 5. The van der Waals surface area contributed by atoms with Gasteiger partial charge in [0.1, 0.15) is 18.3 Å². The molecule has 1 aromatic carbocycles. The molecule has 0 bridgehead atoms. The van der Waals surface area contributed by atoms with E-state index in [-0.39, 0.29) is 30.5 Å². The number of nitrogens with zero attached hydrogens (tertiary/aromatic N) is 3. The van der Waals surface area contributed by atoms with Crippen LogP contribution in [0.15, 0.2) is 21.7 Å². The summed E-state index contributed by atoms with van der Waals surface area (Å²) in [7, 11) is 0. The Labute approximate surface area is 164 Å². The molecule has 0 unspecified atom stereocenters. The third-order valence-corrected chi connectivity index (χ3v) is 4.57. The SMILES string of the molecule is Cc1cc2nc3c(=O)[nH]c(=O)nc-3n(C[C@H](O)[C@H](O)[C@H](O)CO)c2cc1C.Cl. The summed E-state index contributed by atoms with van der Waals surface area (Å²) in [6, 6.07) is 3.53. The fourth-order valence-corrected chi connectivity index (χ4v) is 2.89. The first kappa shape index (κ1) is 21.9. The highest BCUT2D eigenvalue weighted by Crippen LogP contribution is 2.24. The van der Waals surface area contributed by atoms with Crippen molar-refractivity contribution < 1.29 is 20.4 Å². The molecule has 28 heavy (non-hydrogen) atoms. The van der Waals surface area contributed by atoms with Crippen molar-refractivity contribution in [1.29, 1.82) is 0 Å². The van der Waals surface area contributed by atoms with Crippen LogP contribution in [0.4, 0.5) is 0 Å². The first-order valence-electron chi connectivity index (χ1n) is 8.29. The molecule has 0 saturated carbocycles. The standard InChI is InChI=1S/C17H20N4O6.ClH/c1-7-3-9-10(4-8(7)2)21(5-11(23)14(25)12(24)6-22)15-13(18-9)16(26)20-17(27)19-15;/h3-4,11-12,14,22-25H,5-6H2,1-2H3,(H,20,26,27);1H/t11-,12+,14-;/m0./s1. The molecular formula is C17H21ClN4O6. The predicted octanol–water partition coefficient (Wildman–Crippen LogP) is -1.30. The molecule has 1 aromatic rings. The van der Waals surface area contributed by atoms with E-state index in [1.807, 2.05) is 13.8 Å². The molecule has 0 spiro atoms. The van der Waals surface area contributed by atoms with Crippen molar-refractivity contribution in [3.05, 3.63) is 44.1 Å². The Morgan fingerprint density at radius 1 is 1.07 bits per heavy atom. The number of benzene rings is 1. The van der Waals surface area contributed by atoms with E-state index in [9.17, 15) is 24.9 Å². The van der Waals surface area contributed by atoms with Crippen LogP contribution in [0.3, 0.4) is 0 Å². The van der Waals surface area contributed by atoms with Crippen LogP contribution in [0, 0.1) is 13.8 Å². The highest BCUT2D eigenvalue weighted by molar-refractivity contribution is 5.85. The van der Waals surface area contributed by atoms with Gasteiger partial charge in [0.15, 0.2) is 11.5 Å². The molecule has 0 amide bonds. The second-order valence-electron chi connectivity index (χ2n) is 6.50. The van der Waals surface area contributed by atoms with Gasteiger partial charge in [-0.05, 0) is 37.1 Å². The van der Waals surface area contributed by atoms with Gasteiger partial charge in [0.25, 0.3) is 5.56 Å². The molecule has 2 heterocycles. The van der Waals surface area contributed by atoms with Gasteiger partial charge < -0.3 is 25.0 Å². The van der Waals surface area contributed by atoms with Crippen molar-refractivity contribution in [3.8, 4) is 11.5 Å². The van der Waals surface area contributed by atoms with Crippen LogP contribution < -0.4 is 11.2 Å². The Morgan fingerprint density at radius 2 is 1.71 bits per heavy atom. The summed E-state index contributed by atoms with van der Waals surface area (Å²) in [5, 5.41) is 38.8. The first-order valence-corrected chi connectivity index (χ1v) is 8.29. The zero-order valence-corrected chi connectivity index (χ0v) is 16.0. The van der Waals surface area contributed by atoms with E-state index < -0.39 is 36.2 Å². The van der Waals surface area contributed by atoms with Gasteiger partial charge in [-0.3, -0.25) is 9.78 Å². The molecule has 10 nitrogen and oxygen atoms in total. The number of aromatic nitrogens is 4. The van der Waals surface area contributed by atoms with Crippen molar-refractivity contribution in [2.45, 2.75) is 38.7 Å². The molecule has 0 radical (unpaired) electrons. The molecule has 0 saturated heterocycles. The Hall–Kier alpha value is -2.37. The molecule has 3 atom stereocenters. The second kappa shape index (κ2) is 8.33. The Kier molecular flexibility index (Phi) is 6.52. The fourth-order valence-electron chi connectivity index (χ4n) is 2.89.